The Morgan fingerprint density at radius 3 is 2.38 bits per heavy atom. The summed E-state index contributed by atoms with van der Waals surface area (Å²) in [6, 6.07) is 8.78. The second-order valence-corrected chi connectivity index (χ2v) is 3.08. The Hall–Kier alpha value is -2.01. The van der Waals surface area contributed by atoms with Gasteiger partial charge in [-0.05, 0) is 30.3 Å². The molecule has 82 valence electrons. The summed E-state index contributed by atoms with van der Waals surface area (Å²) in [5.41, 5.74) is 0.464. The SMILES string of the molecule is OCc1ccc(Oc2ccc(F)cc2)nn1. The molecule has 0 bridgehead atoms. The molecule has 0 radical (unpaired) electrons. The number of aliphatic hydroxyl groups excluding tert-OH is 1. The molecule has 0 spiro atoms. The molecule has 4 nitrogen and oxygen atoms in total. The van der Waals surface area contributed by atoms with Crippen molar-refractivity contribution >= 4 is 0 Å². The fourth-order valence-electron chi connectivity index (χ4n) is 1.11. The minimum absolute atomic E-state index is 0.163. The van der Waals surface area contributed by atoms with Gasteiger partial charge in [0.15, 0.2) is 0 Å². The van der Waals surface area contributed by atoms with Crippen LogP contribution in [0.5, 0.6) is 11.6 Å². The average molecular weight is 220 g/mol. The summed E-state index contributed by atoms with van der Waals surface area (Å²) in [7, 11) is 0. The van der Waals surface area contributed by atoms with Gasteiger partial charge in [-0.2, -0.15) is 0 Å². The van der Waals surface area contributed by atoms with Crippen LogP contribution in [0, 0.1) is 5.82 Å². The second-order valence-electron chi connectivity index (χ2n) is 3.08. The molecule has 0 aliphatic carbocycles. The highest BCUT2D eigenvalue weighted by molar-refractivity contribution is 5.26. The first-order chi connectivity index (χ1) is 7.78. The predicted octanol–water partition coefficient (Wildman–Crippen LogP) is 1.90. The van der Waals surface area contributed by atoms with Crippen molar-refractivity contribution in [3.8, 4) is 11.6 Å². The van der Waals surface area contributed by atoms with E-state index in [1.165, 1.54) is 24.3 Å². The van der Waals surface area contributed by atoms with Gasteiger partial charge in [0.25, 0.3) is 0 Å². The summed E-state index contributed by atoms with van der Waals surface area (Å²) in [5, 5.41) is 16.2. The van der Waals surface area contributed by atoms with E-state index in [0.717, 1.165) is 0 Å². The third-order valence-corrected chi connectivity index (χ3v) is 1.89. The van der Waals surface area contributed by atoms with Crippen molar-refractivity contribution in [2.75, 3.05) is 0 Å². The van der Waals surface area contributed by atoms with Crippen molar-refractivity contribution in [2.24, 2.45) is 0 Å². The maximum Gasteiger partial charge on any atom is 0.238 e. The topological polar surface area (TPSA) is 55.2 Å². The maximum atomic E-state index is 12.6. The van der Waals surface area contributed by atoms with Crippen LogP contribution in [-0.4, -0.2) is 15.3 Å². The highest BCUT2D eigenvalue weighted by Gasteiger charge is 2.00. The molecule has 2 rings (SSSR count). The summed E-state index contributed by atoms with van der Waals surface area (Å²) in [4.78, 5) is 0. The van der Waals surface area contributed by atoms with E-state index in [4.69, 9.17) is 9.84 Å². The average Bonchev–Trinajstić information content (AvgIpc) is 2.33. The molecule has 5 heteroatoms. The fraction of sp³-hybridized carbons (Fsp3) is 0.0909. The lowest BCUT2D eigenvalue weighted by Gasteiger charge is -2.03. The molecule has 0 unspecified atom stereocenters. The van der Waals surface area contributed by atoms with E-state index < -0.39 is 0 Å². The lowest BCUT2D eigenvalue weighted by Crippen LogP contribution is -1.94. The van der Waals surface area contributed by atoms with E-state index in [-0.39, 0.29) is 12.4 Å². The Balaban J connectivity index is 2.11. The standard InChI is InChI=1S/C11H9FN2O2/c12-8-1-4-10(5-2-8)16-11-6-3-9(7-15)13-14-11/h1-6,15H,7H2. The lowest BCUT2D eigenvalue weighted by molar-refractivity contribution is 0.274. The Labute approximate surface area is 91.3 Å². The van der Waals surface area contributed by atoms with Gasteiger partial charge < -0.3 is 9.84 Å². The molecule has 16 heavy (non-hydrogen) atoms. The van der Waals surface area contributed by atoms with Gasteiger partial charge in [0.05, 0.1) is 12.3 Å². The Bertz CT molecular complexity index is 456. The number of nitrogens with zero attached hydrogens (tertiary/aromatic N) is 2. The molecule has 0 aliphatic heterocycles. The van der Waals surface area contributed by atoms with Crippen molar-refractivity contribution in [3.05, 3.63) is 47.9 Å². The number of halogens is 1. The Morgan fingerprint density at radius 1 is 1.06 bits per heavy atom. The largest absolute Gasteiger partial charge is 0.438 e. The molecule has 1 aromatic heterocycles. The molecule has 1 heterocycles. The maximum absolute atomic E-state index is 12.6. The number of ether oxygens (including phenoxy) is 1. The van der Waals surface area contributed by atoms with Gasteiger partial charge in [0.1, 0.15) is 11.6 Å². The first-order valence-corrected chi connectivity index (χ1v) is 4.65. The normalized spacial score (nSPS) is 10.1. The zero-order chi connectivity index (χ0) is 11.4. The number of aromatic nitrogens is 2. The summed E-state index contributed by atoms with van der Waals surface area (Å²) in [6.07, 6.45) is 0. The number of hydrogen-bond acceptors (Lipinski definition) is 4. The zero-order valence-corrected chi connectivity index (χ0v) is 8.30. The first kappa shape index (κ1) is 10.5. The predicted molar refractivity (Wildman–Crippen MR) is 54.4 cm³/mol. The molecule has 0 amide bonds. The quantitative estimate of drug-likeness (QED) is 0.858. The fourth-order valence-corrected chi connectivity index (χ4v) is 1.11. The molecule has 0 atom stereocenters. The third-order valence-electron chi connectivity index (χ3n) is 1.89. The van der Waals surface area contributed by atoms with Crippen molar-refractivity contribution in [1.82, 2.24) is 10.2 Å². The summed E-state index contributed by atoms with van der Waals surface area (Å²) >= 11 is 0. The molecule has 0 saturated carbocycles. The van der Waals surface area contributed by atoms with Gasteiger partial charge in [0.2, 0.25) is 5.88 Å². The van der Waals surface area contributed by atoms with E-state index in [2.05, 4.69) is 10.2 Å². The summed E-state index contributed by atoms with van der Waals surface area (Å²) in [5.74, 6) is 0.449. The minimum atomic E-state index is -0.325. The lowest BCUT2D eigenvalue weighted by atomic mass is 10.3. The number of benzene rings is 1. The molecular weight excluding hydrogens is 211 g/mol. The number of aliphatic hydroxyl groups is 1. The van der Waals surface area contributed by atoms with E-state index >= 15 is 0 Å². The van der Waals surface area contributed by atoms with Crippen LogP contribution in [0.25, 0.3) is 0 Å². The van der Waals surface area contributed by atoms with Crippen molar-refractivity contribution in [1.29, 1.82) is 0 Å². The van der Waals surface area contributed by atoms with Crippen LogP contribution >= 0.6 is 0 Å². The second kappa shape index (κ2) is 4.67. The van der Waals surface area contributed by atoms with E-state index in [0.29, 0.717) is 17.3 Å². The van der Waals surface area contributed by atoms with Crippen molar-refractivity contribution in [2.45, 2.75) is 6.61 Å². The molecule has 2 aromatic rings. The third kappa shape index (κ3) is 2.52. The number of hydrogen-bond donors (Lipinski definition) is 1. The van der Waals surface area contributed by atoms with E-state index in [1.807, 2.05) is 0 Å². The van der Waals surface area contributed by atoms with Gasteiger partial charge in [-0.3, -0.25) is 0 Å². The molecule has 0 aliphatic rings. The van der Waals surface area contributed by atoms with Crippen LogP contribution in [0.2, 0.25) is 0 Å². The van der Waals surface area contributed by atoms with Crippen LogP contribution in [-0.2, 0) is 6.61 Å². The molecule has 1 N–H and O–H groups in total. The van der Waals surface area contributed by atoms with Gasteiger partial charge in [0, 0.05) is 6.07 Å². The van der Waals surface area contributed by atoms with E-state index in [1.54, 1.807) is 12.1 Å². The minimum Gasteiger partial charge on any atom is -0.438 e. The smallest absolute Gasteiger partial charge is 0.238 e. The van der Waals surface area contributed by atoms with Crippen molar-refractivity contribution in [3.63, 3.8) is 0 Å². The highest BCUT2D eigenvalue weighted by atomic mass is 19.1. The Kier molecular flexibility index (Phi) is 3.07. The van der Waals surface area contributed by atoms with Crippen molar-refractivity contribution < 1.29 is 14.2 Å². The van der Waals surface area contributed by atoms with Gasteiger partial charge in [-0.25, -0.2) is 4.39 Å². The highest BCUT2D eigenvalue weighted by Crippen LogP contribution is 2.18. The summed E-state index contributed by atoms with van der Waals surface area (Å²) < 4.78 is 17.9. The summed E-state index contributed by atoms with van der Waals surface area (Å²) in [6.45, 7) is -0.163. The van der Waals surface area contributed by atoms with E-state index in [9.17, 15) is 4.39 Å². The molecule has 0 fully saturated rings. The van der Waals surface area contributed by atoms with Crippen LogP contribution < -0.4 is 4.74 Å². The van der Waals surface area contributed by atoms with Crippen LogP contribution in [0.1, 0.15) is 5.69 Å². The number of rotatable bonds is 3. The van der Waals surface area contributed by atoms with Crippen LogP contribution in [0.4, 0.5) is 4.39 Å². The van der Waals surface area contributed by atoms with Crippen LogP contribution in [0.15, 0.2) is 36.4 Å². The monoisotopic (exact) mass is 220 g/mol. The Morgan fingerprint density at radius 2 is 1.81 bits per heavy atom. The first-order valence-electron chi connectivity index (χ1n) is 4.65. The van der Waals surface area contributed by atoms with Gasteiger partial charge >= 0.3 is 0 Å². The van der Waals surface area contributed by atoms with Crippen LogP contribution in [0.3, 0.4) is 0 Å². The molecule has 0 saturated heterocycles. The van der Waals surface area contributed by atoms with Gasteiger partial charge in [-0.15, -0.1) is 10.2 Å². The zero-order valence-electron chi connectivity index (χ0n) is 8.30. The van der Waals surface area contributed by atoms with Gasteiger partial charge in [-0.1, -0.05) is 0 Å². The molecule has 1 aromatic carbocycles. The molecular formula is C11H9FN2O2.